The summed E-state index contributed by atoms with van der Waals surface area (Å²) in [5, 5.41) is 54.2. The van der Waals surface area contributed by atoms with Crippen molar-refractivity contribution in [2.75, 3.05) is 78.2 Å². The number of carbonyl (C=O) groups is 10. The molecule has 450 valence electrons. The summed E-state index contributed by atoms with van der Waals surface area (Å²) < 4.78 is 47.9. The lowest BCUT2D eigenvalue weighted by Crippen LogP contribution is -2.43. The van der Waals surface area contributed by atoms with Gasteiger partial charge in [-0.2, -0.15) is 5.21 Å². The number of Topliss-reactive ketones (excluding diaryl/α,β-unsaturated/α-hetero) is 2. The molecule has 1 aromatic rings. The van der Waals surface area contributed by atoms with E-state index in [1.165, 1.54) is 45.4 Å². The molecule has 0 aliphatic heterocycles. The Bertz CT molecular complexity index is 2080. The second kappa shape index (κ2) is 44.7. The number of amides is 5. The maximum atomic E-state index is 12.4. The highest BCUT2D eigenvalue weighted by molar-refractivity contribution is 7.90. The Morgan fingerprint density at radius 3 is 1.54 bits per heavy atom. The molecule has 29 nitrogen and oxygen atoms in total. The predicted molar refractivity (Wildman–Crippen MR) is 280 cm³/mol. The van der Waals surface area contributed by atoms with Gasteiger partial charge in [-0.15, -0.1) is 10.2 Å². The van der Waals surface area contributed by atoms with Crippen LogP contribution in [0.3, 0.4) is 0 Å². The number of carboxylic acid groups (broad SMARTS) is 3. The number of H-pyrrole nitrogens is 1. The molecule has 0 aliphatic carbocycles. The van der Waals surface area contributed by atoms with Gasteiger partial charge in [-0.3, -0.25) is 48.4 Å². The summed E-state index contributed by atoms with van der Waals surface area (Å²) in [5.74, 6) is -7.82. The van der Waals surface area contributed by atoms with Gasteiger partial charge in [0.15, 0.2) is 5.82 Å². The lowest BCUT2D eigenvalue weighted by molar-refractivity contribution is -0.143. The van der Waals surface area contributed by atoms with Crippen molar-refractivity contribution in [1.29, 1.82) is 0 Å². The highest BCUT2D eigenvalue weighted by Gasteiger charge is 2.25. The van der Waals surface area contributed by atoms with Gasteiger partial charge in [0.2, 0.25) is 39.6 Å². The fraction of sp³-hybridized carbons (Fsp3) is 0.776. The van der Waals surface area contributed by atoms with Crippen LogP contribution >= 0.6 is 0 Å². The van der Waals surface area contributed by atoms with Gasteiger partial charge in [-0.05, 0) is 39.0 Å². The highest BCUT2D eigenvalue weighted by Crippen LogP contribution is 2.14. The van der Waals surface area contributed by atoms with Gasteiger partial charge in [-0.1, -0.05) is 75.8 Å². The van der Waals surface area contributed by atoms with Crippen LogP contribution in [0.2, 0.25) is 0 Å². The SMILES string of the molecule is CC(=O)CN[C@H](CC(=O)CC[C@H](NC(=O)COCCOCCNC(=O)COCCOCCNC(=O)CC[C@H](NC(=O)CCCS(=O)(=O)NC(=O)CCCCCCCCCCCCCCCc1nn[nH]n1)C(=O)O)C(=O)O)C(=O)O. The van der Waals surface area contributed by atoms with Crippen molar-refractivity contribution in [3.63, 3.8) is 0 Å². The zero-order valence-corrected chi connectivity index (χ0v) is 46.2. The summed E-state index contributed by atoms with van der Waals surface area (Å²) in [6, 6.07) is -4.15. The number of carboxylic acids is 3. The number of ketones is 2. The van der Waals surface area contributed by atoms with E-state index in [1.54, 1.807) is 0 Å². The van der Waals surface area contributed by atoms with Crippen LogP contribution in [0, 0.1) is 0 Å². The number of aryl methyl sites for hydroxylation is 1. The maximum Gasteiger partial charge on any atom is 0.326 e. The van der Waals surface area contributed by atoms with Gasteiger partial charge in [0.05, 0.1) is 51.9 Å². The first-order valence-electron chi connectivity index (χ1n) is 26.9. The minimum Gasteiger partial charge on any atom is -0.480 e. The highest BCUT2D eigenvalue weighted by atomic mass is 32.2. The summed E-state index contributed by atoms with van der Waals surface area (Å²) in [6.07, 6.45) is 12.9. The van der Waals surface area contributed by atoms with E-state index >= 15 is 0 Å². The molecule has 0 aliphatic rings. The average Bonchev–Trinajstić information content (AvgIpc) is 3.91. The van der Waals surface area contributed by atoms with E-state index in [9.17, 15) is 71.7 Å². The minimum atomic E-state index is -3.99. The summed E-state index contributed by atoms with van der Waals surface area (Å²) in [4.78, 5) is 119. The number of aromatic nitrogens is 4. The molecule has 0 fully saturated rings. The lowest BCUT2D eigenvalue weighted by Gasteiger charge is -2.16. The van der Waals surface area contributed by atoms with Crippen LogP contribution in [0.4, 0.5) is 0 Å². The van der Waals surface area contributed by atoms with Crippen molar-refractivity contribution in [3.8, 4) is 0 Å². The van der Waals surface area contributed by atoms with Crippen LogP contribution in [-0.4, -0.2) is 200 Å². The van der Waals surface area contributed by atoms with Crippen molar-refractivity contribution in [1.82, 2.24) is 51.9 Å². The summed E-state index contributed by atoms with van der Waals surface area (Å²) >= 11 is 0. The summed E-state index contributed by atoms with van der Waals surface area (Å²) in [5.41, 5.74) is 0. The molecule has 1 heterocycles. The molecule has 79 heavy (non-hydrogen) atoms. The Morgan fingerprint density at radius 2 is 1.01 bits per heavy atom. The molecule has 3 atom stereocenters. The van der Waals surface area contributed by atoms with Crippen LogP contribution in [0.1, 0.15) is 148 Å². The first-order chi connectivity index (χ1) is 37.8. The molecule has 0 spiro atoms. The largest absolute Gasteiger partial charge is 0.480 e. The maximum absolute atomic E-state index is 12.4. The molecule has 0 saturated carbocycles. The zero-order chi connectivity index (χ0) is 58.5. The normalized spacial score (nSPS) is 12.4. The van der Waals surface area contributed by atoms with Crippen LogP contribution in [0.5, 0.6) is 0 Å². The molecule has 5 amide bonds. The number of sulfonamides is 1. The first-order valence-corrected chi connectivity index (χ1v) is 28.5. The second-order valence-corrected chi connectivity index (χ2v) is 20.5. The fourth-order valence-electron chi connectivity index (χ4n) is 7.38. The van der Waals surface area contributed by atoms with E-state index in [0.717, 1.165) is 50.8 Å². The molecule has 30 heteroatoms. The van der Waals surface area contributed by atoms with Gasteiger partial charge >= 0.3 is 17.9 Å². The van der Waals surface area contributed by atoms with Gasteiger partial charge in [-0.25, -0.2) is 18.0 Å². The number of rotatable bonds is 53. The average molecular weight is 1150 g/mol. The van der Waals surface area contributed by atoms with Gasteiger partial charge in [0.1, 0.15) is 42.9 Å². The van der Waals surface area contributed by atoms with Crippen LogP contribution in [0.25, 0.3) is 0 Å². The van der Waals surface area contributed by atoms with Crippen molar-refractivity contribution in [2.45, 2.75) is 166 Å². The number of ether oxygens (including phenoxy) is 4. The van der Waals surface area contributed by atoms with Crippen LogP contribution < -0.4 is 31.3 Å². The van der Waals surface area contributed by atoms with Crippen molar-refractivity contribution in [2.24, 2.45) is 0 Å². The molecule has 0 saturated heterocycles. The van der Waals surface area contributed by atoms with E-state index < -0.39 is 100 Å². The van der Waals surface area contributed by atoms with E-state index in [2.05, 4.69) is 47.2 Å². The fourth-order valence-corrected chi connectivity index (χ4v) is 8.45. The third-order valence-corrected chi connectivity index (χ3v) is 13.0. The number of unbranched alkanes of at least 4 members (excludes halogenated alkanes) is 12. The number of nitrogens with zero attached hydrogens (tertiary/aromatic N) is 3. The number of aliphatic carboxylic acids is 3. The quantitative estimate of drug-likeness (QED) is 0.0384. The standard InChI is InChI=1S/C49H84N10O19S/c1-36(60)33-52-40(49(71)72)32-37(61)19-20-38(47(67)68)54-46(66)35-78-30-28-76-26-24-51-45(65)34-77-29-27-75-25-23-50-42(62)22-21-39(48(69)70)53-43(63)18-15-31-79(73,74)57-44(64)17-14-12-10-8-6-4-2-3-5-7-9-11-13-16-41-55-58-59-56-41/h38-40,52H,2-35H2,1H3,(H,50,62)(H,51,65)(H,53,63)(H,54,66)(H,57,64)(H,67,68)(H,69,70)(H,71,72)(H,55,56,58,59)/t38-,39-,40+/m0/s1. The number of tetrazole rings is 1. The Labute approximate surface area is 460 Å². The van der Waals surface area contributed by atoms with Gasteiger partial charge < -0.3 is 55.5 Å². The molecule has 0 aromatic carbocycles. The van der Waals surface area contributed by atoms with Crippen molar-refractivity contribution < 1.29 is 90.6 Å². The molecule has 10 N–H and O–H groups in total. The summed E-state index contributed by atoms with van der Waals surface area (Å²) in [6.45, 7) is 0.727. The predicted octanol–water partition coefficient (Wildman–Crippen LogP) is 0.0188. The lowest BCUT2D eigenvalue weighted by atomic mass is 10.0. The van der Waals surface area contributed by atoms with E-state index in [1.807, 2.05) is 4.72 Å². The molecular weight excluding hydrogens is 1060 g/mol. The number of carbonyl (C=O) groups excluding carboxylic acids is 7. The first kappa shape index (κ1) is 70.9. The second-order valence-electron chi connectivity index (χ2n) is 18.6. The monoisotopic (exact) mass is 1150 g/mol. The van der Waals surface area contributed by atoms with Gasteiger partial charge in [0, 0.05) is 51.6 Å². The number of aromatic amines is 1. The number of nitrogens with one attached hydrogen (secondary N) is 7. The van der Waals surface area contributed by atoms with Crippen LogP contribution in [-0.2, 0) is 83.3 Å². The molecule has 0 unspecified atom stereocenters. The van der Waals surface area contributed by atoms with Crippen molar-refractivity contribution >= 4 is 69.0 Å². The molecular formula is C49H84N10O19S. The topological polar surface area (TPSA) is 429 Å². The van der Waals surface area contributed by atoms with E-state index in [4.69, 9.17) is 18.9 Å². The number of hydrogen-bond acceptors (Lipinski definition) is 20. The Morgan fingerprint density at radius 1 is 0.532 bits per heavy atom. The van der Waals surface area contributed by atoms with Crippen LogP contribution in [0.15, 0.2) is 0 Å². The Hall–Kier alpha value is -6.08. The zero-order valence-electron chi connectivity index (χ0n) is 45.4. The molecule has 1 aromatic heterocycles. The van der Waals surface area contributed by atoms with E-state index in [0.29, 0.717) is 6.42 Å². The third kappa shape index (κ3) is 41.6. The minimum absolute atomic E-state index is 0.0383. The number of hydrogen-bond donors (Lipinski definition) is 10. The smallest absolute Gasteiger partial charge is 0.326 e. The van der Waals surface area contributed by atoms with Gasteiger partial charge in [0.25, 0.3) is 0 Å². The third-order valence-electron chi connectivity index (χ3n) is 11.6. The molecule has 0 radical (unpaired) electrons. The van der Waals surface area contributed by atoms with Crippen molar-refractivity contribution in [3.05, 3.63) is 5.82 Å². The summed E-state index contributed by atoms with van der Waals surface area (Å²) in [7, 11) is -3.99. The van der Waals surface area contributed by atoms with E-state index in [-0.39, 0.29) is 117 Å². The Balaban J connectivity index is 2.04. The Kier molecular flexibility index (Phi) is 40.2. The molecule has 0 bridgehead atoms. The molecule has 1 rings (SSSR count).